The average molecular weight is 400 g/mol. The number of benzene rings is 2. The first-order valence-electron chi connectivity index (χ1n) is 9.98. The van der Waals surface area contributed by atoms with Gasteiger partial charge < -0.3 is 15.6 Å². The lowest BCUT2D eigenvalue weighted by atomic mass is 10.2. The van der Waals surface area contributed by atoms with Crippen LogP contribution in [0, 0.1) is 13.8 Å². The van der Waals surface area contributed by atoms with Gasteiger partial charge in [-0.2, -0.15) is 0 Å². The maximum absolute atomic E-state index is 12.5. The van der Waals surface area contributed by atoms with E-state index in [9.17, 15) is 4.79 Å². The molecule has 30 heavy (non-hydrogen) atoms. The molecule has 152 valence electrons. The lowest BCUT2D eigenvalue weighted by Crippen LogP contribution is -2.24. The topological polar surface area (TPSA) is 95.6 Å². The van der Waals surface area contributed by atoms with Crippen molar-refractivity contribution in [1.29, 1.82) is 0 Å². The Morgan fingerprint density at radius 1 is 0.967 bits per heavy atom. The quantitative estimate of drug-likeness (QED) is 0.406. The van der Waals surface area contributed by atoms with E-state index < -0.39 is 0 Å². The number of para-hydroxylation sites is 2. The molecule has 0 unspecified atom stereocenters. The maximum atomic E-state index is 12.5. The third kappa shape index (κ3) is 4.81. The number of amides is 1. The first kappa shape index (κ1) is 19.6. The number of aromatic amines is 1. The summed E-state index contributed by atoms with van der Waals surface area (Å²) in [6, 6.07) is 17.2. The van der Waals surface area contributed by atoms with Crippen molar-refractivity contribution in [2.24, 2.45) is 0 Å². The number of nitrogens with one attached hydrogen (secondary N) is 3. The summed E-state index contributed by atoms with van der Waals surface area (Å²) < 4.78 is 0. The molecule has 1 amide bonds. The summed E-state index contributed by atoms with van der Waals surface area (Å²) in [5.41, 5.74) is 5.15. The molecule has 0 fully saturated rings. The van der Waals surface area contributed by atoms with Gasteiger partial charge in [0, 0.05) is 35.6 Å². The molecule has 0 aliphatic heterocycles. The van der Waals surface area contributed by atoms with Crippen LogP contribution in [-0.4, -0.2) is 32.4 Å². The van der Waals surface area contributed by atoms with Gasteiger partial charge in [0.1, 0.15) is 5.82 Å². The van der Waals surface area contributed by atoms with Crippen molar-refractivity contribution in [2.75, 3.05) is 11.9 Å². The summed E-state index contributed by atoms with van der Waals surface area (Å²) in [6.07, 6.45) is 1.58. The summed E-state index contributed by atoms with van der Waals surface area (Å²) in [4.78, 5) is 29.1. The Morgan fingerprint density at radius 3 is 2.57 bits per heavy atom. The third-order valence-corrected chi connectivity index (χ3v) is 4.68. The fourth-order valence-electron chi connectivity index (χ4n) is 3.33. The monoisotopic (exact) mass is 400 g/mol. The van der Waals surface area contributed by atoms with E-state index in [0.717, 1.165) is 46.8 Å². The normalized spacial score (nSPS) is 10.9. The second kappa shape index (κ2) is 8.73. The molecule has 7 heteroatoms. The minimum atomic E-state index is -0.107. The molecule has 0 bridgehead atoms. The van der Waals surface area contributed by atoms with Crippen molar-refractivity contribution in [3.05, 3.63) is 77.4 Å². The van der Waals surface area contributed by atoms with E-state index in [4.69, 9.17) is 0 Å². The molecule has 4 rings (SSSR count). The minimum Gasteiger partial charge on any atom is -0.352 e. The molecular formula is C23H24N6O. The van der Waals surface area contributed by atoms with E-state index in [1.165, 1.54) is 0 Å². The highest BCUT2D eigenvalue weighted by Gasteiger charge is 2.08. The predicted molar refractivity (Wildman–Crippen MR) is 118 cm³/mol. The lowest BCUT2D eigenvalue weighted by molar-refractivity contribution is 0.0953. The molecule has 0 aliphatic carbocycles. The molecule has 0 saturated heterocycles. The zero-order chi connectivity index (χ0) is 20.9. The van der Waals surface area contributed by atoms with Crippen LogP contribution in [0.3, 0.4) is 0 Å². The first-order chi connectivity index (χ1) is 14.6. The van der Waals surface area contributed by atoms with Crippen molar-refractivity contribution < 1.29 is 4.79 Å². The van der Waals surface area contributed by atoms with E-state index in [1.807, 2.05) is 56.3 Å². The Bertz CT molecular complexity index is 1130. The first-order valence-corrected chi connectivity index (χ1v) is 9.98. The van der Waals surface area contributed by atoms with Gasteiger partial charge in [-0.3, -0.25) is 4.79 Å². The fraction of sp³-hybridized carbons (Fsp3) is 0.217. The lowest BCUT2D eigenvalue weighted by Gasteiger charge is -2.09. The molecule has 3 N–H and O–H groups in total. The molecule has 2 heterocycles. The Balaban J connectivity index is 1.31. The van der Waals surface area contributed by atoms with Crippen LogP contribution in [0.2, 0.25) is 0 Å². The van der Waals surface area contributed by atoms with Crippen LogP contribution in [0.5, 0.6) is 0 Å². The fourth-order valence-corrected chi connectivity index (χ4v) is 3.33. The SMILES string of the molecule is Cc1cc(C)nc(Nc2cccc(C(=O)NCCCc3nc4ccccc4[nH]3)c2)n1. The molecule has 0 saturated carbocycles. The molecule has 0 atom stereocenters. The Morgan fingerprint density at radius 2 is 1.77 bits per heavy atom. The molecule has 2 aromatic heterocycles. The van der Waals surface area contributed by atoms with Crippen LogP contribution in [0.25, 0.3) is 11.0 Å². The van der Waals surface area contributed by atoms with Gasteiger partial charge in [-0.05, 0) is 56.7 Å². The van der Waals surface area contributed by atoms with E-state index >= 15 is 0 Å². The molecule has 0 radical (unpaired) electrons. The van der Waals surface area contributed by atoms with Crippen molar-refractivity contribution in [3.63, 3.8) is 0 Å². The van der Waals surface area contributed by atoms with Crippen LogP contribution >= 0.6 is 0 Å². The van der Waals surface area contributed by atoms with E-state index in [2.05, 4.69) is 30.6 Å². The number of rotatable bonds is 7. The number of aromatic nitrogens is 4. The average Bonchev–Trinajstić information content (AvgIpc) is 3.13. The Kier molecular flexibility index (Phi) is 5.70. The molecular weight excluding hydrogens is 376 g/mol. The standard InChI is InChI=1S/C23H24N6O/c1-15-13-16(2)26-23(25-15)27-18-8-5-7-17(14-18)22(30)24-12-6-11-21-28-19-9-3-4-10-20(19)29-21/h3-5,7-10,13-14H,6,11-12H2,1-2H3,(H,24,30)(H,28,29)(H,25,26,27). The maximum Gasteiger partial charge on any atom is 0.251 e. The van der Waals surface area contributed by atoms with Crippen molar-refractivity contribution in [2.45, 2.75) is 26.7 Å². The smallest absolute Gasteiger partial charge is 0.251 e. The van der Waals surface area contributed by atoms with Gasteiger partial charge >= 0.3 is 0 Å². The zero-order valence-electron chi connectivity index (χ0n) is 17.1. The van der Waals surface area contributed by atoms with Gasteiger partial charge in [0.15, 0.2) is 0 Å². The highest BCUT2D eigenvalue weighted by atomic mass is 16.1. The number of H-pyrrole nitrogens is 1. The number of imidazole rings is 1. The Hall–Kier alpha value is -3.74. The number of carbonyl (C=O) groups is 1. The molecule has 7 nitrogen and oxygen atoms in total. The van der Waals surface area contributed by atoms with Gasteiger partial charge in [-0.15, -0.1) is 0 Å². The van der Waals surface area contributed by atoms with Gasteiger partial charge in [0.25, 0.3) is 5.91 Å². The predicted octanol–water partition coefficient (Wildman–Crippen LogP) is 4.08. The van der Waals surface area contributed by atoms with Crippen LogP contribution < -0.4 is 10.6 Å². The molecule has 0 spiro atoms. The second-order valence-corrected chi connectivity index (χ2v) is 7.24. The summed E-state index contributed by atoms with van der Waals surface area (Å²) in [5, 5.41) is 6.14. The van der Waals surface area contributed by atoms with E-state index in [1.54, 1.807) is 12.1 Å². The van der Waals surface area contributed by atoms with Crippen LogP contribution in [-0.2, 0) is 6.42 Å². The summed E-state index contributed by atoms with van der Waals surface area (Å²) >= 11 is 0. The molecule has 4 aromatic rings. The summed E-state index contributed by atoms with van der Waals surface area (Å²) in [6.45, 7) is 4.43. The summed E-state index contributed by atoms with van der Waals surface area (Å²) in [5.74, 6) is 1.35. The van der Waals surface area contributed by atoms with Gasteiger partial charge in [-0.1, -0.05) is 18.2 Å². The summed E-state index contributed by atoms with van der Waals surface area (Å²) in [7, 11) is 0. The largest absolute Gasteiger partial charge is 0.352 e. The van der Waals surface area contributed by atoms with Gasteiger partial charge in [-0.25, -0.2) is 15.0 Å². The number of aryl methyl sites for hydroxylation is 3. The number of hydrogen-bond donors (Lipinski definition) is 3. The zero-order valence-corrected chi connectivity index (χ0v) is 17.1. The highest BCUT2D eigenvalue weighted by molar-refractivity contribution is 5.95. The minimum absolute atomic E-state index is 0.107. The van der Waals surface area contributed by atoms with Crippen molar-refractivity contribution >= 4 is 28.6 Å². The van der Waals surface area contributed by atoms with Crippen LogP contribution in [0.4, 0.5) is 11.6 Å². The van der Waals surface area contributed by atoms with E-state index in [-0.39, 0.29) is 5.91 Å². The van der Waals surface area contributed by atoms with Crippen molar-refractivity contribution in [1.82, 2.24) is 25.3 Å². The van der Waals surface area contributed by atoms with Gasteiger partial charge in [0.05, 0.1) is 11.0 Å². The van der Waals surface area contributed by atoms with Crippen LogP contribution in [0.1, 0.15) is 34.0 Å². The number of hydrogen-bond acceptors (Lipinski definition) is 5. The molecule has 0 aliphatic rings. The molecule has 2 aromatic carbocycles. The van der Waals surface area contributed by atoms with Crippen molar-refractivity contribution in [3.8, 4) is 0 Å². The Labute approximate surface area is 175 Å². The number of anilines is 2. The highest BCUT2D eigenvalue weighted by Crippen LogP contribution is 2.16. The third-order valence-electron chi connectivity index (χ3n) is 4.68. The van der Waals surface area contributed by atoms with E-state index in [0.29, 0.717) is 18.1 Å². The van der Waals surface area contributed by atoms with Crippen LogP contribution in [0.15, 0.2) is 54.6 Å². The number of carbonyl (C=O) groups excluding carboxylic acids is 1. The van der Waals surface area contributed by atoms with Gasteiger partial charge in [0.2, 0.25) is 5.95 Å². The number of fused-ring (bicyclic) bond motifs is 1. The second-order valence-electron chi connectivity index (χ2n) is 7.24. The number of nitrogens with zero attached hydrogens (tertiary/aromatic N) is 3.